The van der Waals surface area contributed by atoms with E-state index < -0.39 is 12.9 Å². The number of nitrogens with zero attached hydrogens (tertiary/aromatic N) is 2. The molecule has 0 spiro atoms. The fourth-order valence-electron chi connectivity index (χ4n) is 4.88. The van der Waals surface area contributed by atoms with Crippen molar-refractivity contribution >= 4 is 47.1 Å². The maximum Gasteiger partial charge on any atom is 0.586 e. The van der Waals surface area contributed by atoms with E-state index in [1.54, 1.807) is 25.1 Å². The molecule has 4 aromatic rings. The van der Waals surface area contributed by atoms with Crippen LogP contribution in [-0.4, -0.2) is 23.3 Å². The largest absolute Gasteiger partial charge is 0.586 e. The number of hydrogen-bond acceptors (Lipinski definition) is 7. The maximum absolute atomic E-state index is 15.0. The van der Waals surface area contributed by atoms with Gasteiger partial charge in [0.2, 0.25) is 0 Å². The van der Waals surface area contributed by atoms with E-state index in [2.05, 4.69) is 15.5 Å². The standard InChI is InChI=1S/C28H26BClFN3O4/c1-13(2)27-15(4)26(35)20-9-14(3)8-19(28(20)37-27)16(5)33-22-6-7-23(30)34-25(22)17-10-18-12-32-38-29(36)24(18)21(31)11-17/h6-13,16,33,36H,1-5H3/t16-/m1/s1. The molecule has 0 aliphatic carbocycles. The lowest BCUT2D eigenvalue weighted by Gasteiger charge is -2.21. The van der Waals surface area contributed by atoms with Gasteiger partial charge < -0.3 is 19.5 Å². The molecule has 1 aliphatic rings. The molecule has 7 nitrogen and oxygen atoms in total. The Morgan fingerprint density at radius 1 is 1.13 bits per heavy atom. The lowest BCUT2D eigenvalue weighted by atomic mass is 9.75. The SMILES string of the molecule is Cc1cc([C@@H](C)Nc2ccc(Cl)nc2-c2cc(F)c3c(c2)C=NOB3O)c2oc(C(C)C)c(C)c(=O)c2c1. The molecule has 0 amide bonds. The molecule has 2 aromatic heterocycles. The highest BCUT2D eigenvalue weighted by molar-refractivity contribution is 6.62. The van der Waals surface area contributed by atoms with Crippen LogP contribution >= 0.6 is 11.6 Å². The molecule has 0 fully saturated rings. The number of hydrogen-bond donors (Lipinski definition) is 2. The molecule has 0 saturated heterocycles. The van der Waals surface area contributed by atoms with Crippen LogP contribution in [0.3, 0.4) is 0 Å². The Bertz CT molecular complexity index is 1670. The molecule has 5 rings (SSSR count). The van der Waals surface area contributed by atoms with Gasteiger partial charge in [0.1, 0.15) is 22.3 Å². The van der Waals surface area contributed by atoms with Crippen LogP contribution in [0.25, 0.3) is 22.2 Å². The summed E-state index contributed by atoms with van der Waals surface area (Å²) in [6.07, 6.45) is 1.34. The van der Waals surface area contributed by atoms with Crippen molar-refractivity contribution in [3.8, 4) is 11.3 Å². The average molecular weight is 534 g/mol. The van der Waals surface area contributed by atoms with E-state index in [-0.39, 0.29) is 28.0 Å². The number of aryl methyl sites for hydroxylation is 1. The van der Waals surface area contributed by atoms with Crippen molar-refractivity contribution in [2.75, 3.05) is 5.32 Å². The second kappa shape index (κ2) is 9.89. The van der Waals surface area contributed by atoms with Crippen molar-refractivity contribution in [1.29, 1.82) is 0 Å². The van der Waals surface area contributed by atoms with E-state index in [9.17, 15) is 14.2 Å². The number of nitrogens with one attached hydrogen (secondary N) is 1. The van der Waals surface area contributed by atoms with E-state index in [1.165, 1.54) is 12.3 Å². The zero-order chi connectivity index (χ0) is 27.3. The summed E-state index contributed by atoms with van der Waals surface area (Å²) in [4.78, 5) is 17.7. The number of fused-ring (bicyclic) bond motifs is 2. The van der Waals surface area contributed by atoms with Crippen molar-refractivity contribution < 1.29 is 18.6 Å². The number of oxime groups is 1. The van der Waals surface area contributed by atoms with Crippen molar-refractivity contribution in [2.24, 2.45) is 5.16 Å². The van der Waals surface area contributed by atoms with Crippen molar-refractivity contribution in [2.45, 2.75) is 46.6 Å². The Morgan fingerprint density at radius 3 is 2.63 bits per heavy atom. The summed E-state index contributed by atoms with van der Waals surface area (Å²) in [5, 5.41) is 17.8. The molecule has 194 valence electrons. The minimum atomic E-state index is -1.49. The van der Waals surface area contributed by atoms with Crippen LogP contribution in [0.5, 0.6) is 0 Å². The molecule has 10 heteroatoms. The Kier molecular flexibility index (Phi) is 6.75. The van der Waals surface area contributed by atoms with Gasteiger partial charge in [-0.3, -0.25) is 4.79 Å². The van der Waals surface area contributed by atoms with Gasteiger partial charge in [0.15, 0.2) is 5.43 Å². The predicted octanol–water partition coefficient (Wildman–Crippen LogP) is 5.61. The Morgan fingerprint density at radius 2 is 1.89 bits per heavy atom. The van der Waals surface area contributed by atoms with Gasteiger partial charge in [-0.1, -0.05) is 31.5 Å². The van der Waals surface area contributed by atoms with E-state index in [0.717, 1.165) is 11.1 Å². The van der Waals surface area contributed by atoms with E-state index in [1.807, 2.05) is 39.8 Å². The molecule has 2 N–H and O–H groups in total. The fourth-order valence-corrected chi connectivity index (χ4v) is 5.03. The summed E-state index contributed by atoms with van der Waals surface area (Å²) < 4.78 is 26.1. The topological polar surface area (TPSA) is 97.0 Å². The first kappa shape index (κ1) is 25.9. The highest BCUT2D eigenvalue weighted by Crippen LogP contribution is 2.34. The number of pyridine rings is 1. The summed E-state index contributed by atoms with van der Waals surface area (Å²) in [6, 6.07) is 9.87. The minimum Gasteiger partial charge on any atom is -0.460 e. The predicted molar refractivity (Wildman–Crippen MR) is 149 cm³/mol. The normalized spacial score (nSPS) is 13.6. The molecule has 1 aliphatic heterocycles. The third kappa shape index (κ3) is 4.57. The quantitative estimate of drug-likeness (QED) is 0.256. The first-order chi connectivity index (χ1) is 18.0. The van der Waals surface area contributed by atoms with E-state index >= 15 is 0 Å². The lowest BCUT2D eigenvalue weighted by Crippen LogP contribution is -2.40. The van der Waals surface area contributed by atoms with Gasteiger partial charge in [0.25, 0.3) is 0 Å². The fraction of sp³-hybridized carbons (Fsp3) is 0.250. The third-order valence-corrected chi connectivity index (χ3v) is 6.90. The highest BCUT2D eigenvalue weighted by Gasteiger charge is 2.30. The average Bonchev–Trinajstić information content (AvgIpc) is 2.86. The summed E-state index contributed by atoms with van der Waals surface area (Å²) in [5.41, 5.74) is 4.67. The molecule has 0 bridgehead atoms. The summed E-state index contributed by atoms with van der Waals surface area (Å²) in [7, 11) is -1.49. The lowest BCUT2D eigenvalue weighted by molar-refractivity contribution is 0.285. The molecule has 0 saturated carbocycles. The monoisotopic (exact) mass is 533 g/mol. The van der Waals surface area contributed by atoms with Gasteiger partial charge >= 0.3 is 7.12 Å². The van der Waals surface area contributed by atoms with E-state index in [0.29, 0.717) is 44.8 Å². The van der Waals surface area contributed by atoms with Gasteiger partial charge in [-0.05, 0) is 56.7 Å². The van der Waals surface area contributed by atoms with Gasteiger partial charge in [0, 0.05) is 33.6 Å². The number of anilines is 1. The molecule has 38 heavy (non-hydrogen) atoms. The van der Waals surface area contributed by atoms with Crippen LogP contribution in [0.4, 0.5) is 10.1 Å². The summed E-state index contributed by atoms with van der Waals surface area (Å²) >= 11 is 6.24. The summed E-state index contributed by atoms with van der Waals surface area (Å²) in [5.74, 6) is 0.0499. The van der Waals surface area contributed by atoms with Crippen molar-refractivity contribution in [1.82, 2.24) is 4.98 Å². The Labute approximate surface area is 224 Å². The minimum absolute atomic E-state index is 0.00571. The van der Waals surface area contributed by atoms with Crippen LogP contribution in [0.2, 0.25) is 5.15 Å². The molecule has 1 atom stereocenters. The van der Waals surface area contributed by atoms with Crippen LogP contribution < -0.4 is 16.2 Å². The molecular formula is C28H26BClFN3O4. The second-order valence-corrected chi connectivity index (χ2v) is 10.2. The molecule has 3 heterocycles. The van der Waals surface area contributed by atoms with Crippen LogP contribution in [-0.2, 0) is 4.76 Å². The zero-order valence-corrected chi connectivity index (χ0v) is 22.4. The Balaban J connectivity index is 1.62. The van der Waals surface area contributed by atoms with Gasteiger partial charge in [-0.25, -0.2) is 9.37 Å². The molecule has 0 unspecified atom stereocenters. The van der Waals surface area contributed by atoms with Crippen LogP contribution in [0.1, 0.15) is 60.7 Å². The number of benzene rings is 2. The number of aromatic nitrogens is 1. The van der Waals surface area contributed by atoms with Crippen LogP contribution in [0, 0.1) is 19.7 Å². The first-order valence-corrected chi connectivity index (χ1v) is 12.6. The molecule has 0 radical (unpaired) electrons. The van der Waals surface area contributed by atoms with E-state index in [4.69, 9.17) is 20.8 Å². The van der Waals surface area contributed by atoms with Gasteiger partial charge in [-0.2, -0.15) is 0 Å². The zero-order valence-electron chi connectivity index (χ0n) is 21.6. The third-order valence-electron chi connectivity index (χ3n) is 6.69. The summed E-state index contributed by atoms with van der Waals surface area (Å²) in [6.45, 7) is 9.67. The molecular weight excluding hydrogens is 508 g/mol. The maximum atomic E-state index is 15.0. The van der Waals surface area contributed by atoms with Gasteiger partial charge in [0.05, 0.1) is 29.0 Å². The Hall–Kier alpha value is -3.69. The van der Waals surface area contributed by atoms with Crippen molar-refractivity contribution in [3.05, 3.63) is 85.6 Å². The highest BCUT2D eigenvalue weighted by atomic mass is 35.5. The van der Waals surface area contributed by atoms with Crippen LogP contribution in [0.15, 0.2) is 50.8 Å². The van der Waals surface area contributed by atoms with Gasteiger partial charge in [-0.15, -0.1) is 5.16 Å². The smallest absolute Gasteiger partial charge is 0.460 e. The first-order valence-electron chi connectivity index (χ1n) is 12.3. The number of halogens is 2. The number of rotatable bonds is 5. The second-order valence-electron chi connectivity index (χ2n) is 9.86. The van der Waals surface area contributed by atoms with Crippen molar-refractivity contribution in [3.63, 3.8) is 0 Å². The molecule has 2 aromatic carbocycles.